The van der Waals surface area contributed by atoms with Gasteiger partial charge in [-0.05, 0) is 38.1 Å². The molecular weight excluding hydrogens is 462 g/mol. The molecule has 0 spiro atoms. The molecule has 5 atom stereocenters. The van der Waals surface area contributed by atoms with E-state index in [0.717, 1.165) is 0 Å². The molecule has 0 aliphatic carbocycles. The molecule has 0 rings (SSSR count). The summed E-state index contributed by atoms with van der Waals surface area (Å²) < 4.78 is 0. The van der Waals surface area contributed by atoms with Crippen molar-refractivity contribution < 1.29 is 33.9 Å². The summed E-state index contributed by atoms with van der Waals surface area (Å²) in [6.45, 7) is 3.94. The number of carbonyl (C=O) groups excluding carboxylic acids is 5. The van der Waals surface area contributed by atoms with Gasteiger partial charge in [-0.1, -0.05) is 20.3 Å². The topological polar surface area (TPSA) is 263 Å². The van der Waals surface area contributed by atoms with E-state index in [1.807, 2.05) is 6.92 Å². The number of amides is 5. The van der Waals surface area contributed by atoms with Crippen LogP contribution >= 0.6 is 0 Å². The number of nitrogens with one attached hydrogen (secondary N) is 3. The maximum Gasteiger partial charge on any atom is 0.326 e. The summed E-state index contributed by atoms with van der Waals surface area (Å²) in [5.41, 5.74) is 21.6. The summed E-state index contributed by atoms with van der Waals surface area (Å²) in [5.74, 6) is -5.65. The number of aliphatic carboxylic acids is 1. The first-order valence-corrected chi connectivity index (χ1v) is 11.5. The average Bonchev–Trinajstić information content (AvgIpc) is 2.78. The summed E-state index contributed by atoms with van der Waals surface area (Å²) in [7, 11) is 0. The molecule has 0 bridgehead atoms. The highest BCUT2D eigenvalue weighted by molar-refractivity contribution is 5.96. The third kappa shape index (κ3) is 12.7. The summed E-state index contributed by atoms with van der Waals surface area (Å²) in [6.07, 6.45) is 0.576. The van der Waals surface area contributed by atoms with Gasteiger partial charge in [0.25, 0.3) is 0 Å². The normalized spacial score (nSPS) is 15.1. The Bertz CT molecular complexity index is 762. The van der Waals surface area contributed by atoms with Crippen molar-refractivity contribution in [1.29, 1.82) is 0 Å². The second kappa shape index (κ2) is 16.4. The Morgan fingerprint density at radius 1 is 0.800 bits per heavy atom. The zero-order valence-corrected chi connectivity index (χ0v) is 20.2. The number of carboxylic acids is 1. The number of hydrogen-bond donors (Lipinski definition) is 8. The average molecular weight is 502 g/mol. The lowest BCUT2D eigenvalue weighted by Crippen LogP contribution is -2.58. The Kier molecular flexibility index (Phi) is 14.9. The van der Waals surface area contributed by atoms with Crippen molar-refractivity contribution in [1.82, 2.24) is 16.0 Å². The molecule has 5 unspecified atom stereocenters. The maximum absolute atomic E-state index is 12.9. The molecule has 5 amide bonds. The lowest BCUT2D eigenvalue weighted by Gasteiger charge is -2.25. The van der Waals surface area contributed by atoms with E-state index in [2.05, 4.69) is 16.0 Å². The van der Waals surface area contributed by atoms with Gasteiger partial charge in [0, 0.05) is 6.42 Å². The predicted molar refractivity (Wildman–Crippen MR) is 126 cm³/mol. The molecule has 14 nitrogen and oxygen atoms in total. The van der Waals surface area contributed by atoms with E-state index in [4.69, 9.17) is 22.9 Å². The molecule has 12 N–H and O–H groups in total. The molecule has 0 heterocycles. The fraction of sp³-hybridized carbons (Fsp3) is 0.714. The lowest BCUT2D eigenvalue weighted by molar-refractivity contribution is -0.142. The van der Waals surface area contributed by atoms with Crippen molar-refractivity contribution in [2.75, 3.05) is 6.54 Å². The van der Waals surface area contributed by atoms with E-state index in [0.29, 0.717) is 25.8 Å². The minimum Gasteiger partial charge on any atom is -0.480 e. The van der Waals surface area contributed by atoms with Crippen LogP contribution in [-0.2, 0) is 28.8 Å². The monoisotopic (exact) mass is 501 g/mol. The summed E-state index contributed by atoms with van der Waals surface area (Å²) in [4.78, 5) is 72.3. The zero-order valence-electron chi connectivity index (χ0n) is 20.2. The van der Waals surface area contributed by atoms with Crippen molar-refractivity contribution in [2.24, 2.45) is 28.9 Å². The van der Waals surface area contributed by atoms with Crippen LogP contribution < -0.4 is 38.9 Å². The summed E-state index contributed by atoms with van der Waals surface area (Å²) >= 11 is 0. The second-order valence-corrected chi connectivity index (χ2v) is 8.39. The van der Waals surface area contributed by atoms with Gasteiger partial charge >= 0.3 is 5.97 Å². The first kappa shape index (κ1) is 31.7. The van der Waals surface area contributed by atoms with Crippen LogP contribution in [0.1, 0.15) is 58.8 Å². The van der Waals surface area contributed by atoms with Gasteiger partial charge in [0.05, 0.1) is 12.5 Å². The molecule has 200 valence electrons. The van der Waals surface area contributed by atoms with Gasteiger partial charge in [-0.15, -0.1) is 0 Å². The molecule has 0 aromatic heterocycles. The van der Waals surface area contributed by atoms with Gasteiger partial charge in [0.1, 0.15) is 18.1 Å². The van der Waals surface area contributed by atoms with Crippen LogP contribution in [0.3, 0.4) is 0 Å². The fourth-order valence-electron chi connectivity index (χ4n) is 3.04. The molecule has 0 saturated carbocycles. The first-order valence-electron chi connectivity index (χ1n) is 11.5. The molecule has 0 aliphatic rings. The van der Waals surface area contributed by atoms with Gasteiger partial charge in [0.2, 0.25) is 29.5 Å². The number of unbranched alkanes of at least 4 members (excludes halogenated alkanes) is 1. The van der Waals surface area contributed by atoms with Crippen molar-refractivity contribution in [3.63, 3.8) is 0 Å². The maximum atomic E-state index is 12.9. The molecule has 0 fully saturated rings. The Balaban J connectivity index is 5.57. The van der Waals surface area contributed by atoms with Crippen LogP contribution in [0.2, 0.25) is 0 Å². The van der Waals surface area contributed by atoms with Crippen molar-refractivity contribution >= 4 is 35.5 Å². The Morgan fingerprint density at radius 2 is 1.34 bits per heavy atom. The first-order chi connectivity index (χ1) is 16.3. The number of carbonyl (C=O) groups is 6. The molecule has 14 heteroatoms. The van der Waals surface area contributed by atoms with Crippen LogP contribution in [0.25, 0.3) is 0 Å². The number of primary amides is 2. The summed E-state index contributed by atoms with van der Waals surface area (Å²) in [5, 5.41) is 16.4. The zero-order chi connectivity index (χ0) is 27.1. The largest absolute Gasteiger partial charge is 0.480 e. The van der Waals surface area contributed by atoms with Crippen LogP contribution in [0.4, 0.5) is 0 Å². The van der Waals surface area contributed by atoms with Gasteiger partial charge in [-0.3, -0.25) is 24.0 Å². The van der Waals surface area contributed by atoms with E-state index in [1.54, 1.807) is 6.92 Å². The smallest absolute Gasteiger partial charge is 0.326 e. The van der Waals surface area contributed by atoms with Crippen molar-refractivity contribution in [3.05, 3.63) is 0 Å². The SMILES string of the molecule is CCC(C)C(N)C(=O)NC(CCC(N)=O)C(=O)NC(CC(N)=O)C(=O)NC(CCCCN)C(=O)O. The van der Waals surface area contributed by atoms with Gasteiger partial charge < -0.3 is 44.0 Å². The molecule has 0 aliphatic heterocycles. The van der Waals surface area contributed by atoms with Crippen LogP contribution in [0, 0.1) is 5.92 Å². The van der Waals surface area contributed by atoms with E-state index in [1.165, 1.54) is 0 Å². The Labute approximate surface area is 204 Å². The van der Waals surface area contributed by atoms with E-state index < -0.39 is 66.1 Å². The number of carboxylic acid groups (broad SMARTS) is 1. The van der Waals surface area contributed by atoms with Crippen LogP contribution in [0.5, 0.6) is 0 Å². The minimum atomic E-state index is -1.52. The second-order valence-electron chi connectivity index (χ2n) is 8.39. The Hall–Kier alpha value is -3.26. The highest BCUT2D eigenvalue weighted by Gasteiger charge is 2.31. The Morgan fingerprint density at radius 3 is 1.83 bits per heavy atom. The number of rotatable bonds is 18. The third-order valence-corrected chi connectivity index (χ3v) is 5.47. The lowest BCUT2D eigenvalue weighted by atomic mass is 9.98. The number of hydrogen-bond acceptors (Lipinski definition) is 8. The summed E-state index contributed by atoms with van der Waals surface area (Å²) in [6, 6.07) is -5.03. The minimum absolute atomic E-state index is 0.0836. The third-order valence-electron chi connectivity index (χ3n) is 5.47. The molecule has 0 aromatic carbocycles. The van der Waals surface area contributed by atoms with Gasteiger partial charge in [-0.25, -0.2) is 4.79 Å². The quantitative estimate of drug-likeness (QED) is 0.0898. The molecule has 0 aromatic rings. The highest BCUT2D eigenvalue weighted by atomic mass is 16.4. The molecule has 35 heavy (non-hydrogen) atoms. The van der Waals surface area contributed by atoms with E-state index in [-0.39, 0.29) is 25.2 Å². The molecule has 0 saturated heterocycles. The van der Waals surface area contributed by atoms with E-state index >= 15 is 0 Å². The molecular formula is C21H39N7O7. The van der Waals surface area contributed by atoms with Crippen LogP contribution in [-0.4, -0.2) is 71.3 Å². The van der Waals surface area contributed by atoms with E-state index in [9.17, 15) is 33.9 Å². The standard InChI is InChI=1S/C21H39N7O7/c1-3-11(2)17(25)20(33)26-12(7-8-15(23)29)18(31)28-14(10-16(24)30)19(32)27-13(21(34)35)6-4-5-9-22/h11-14,17H,3-10,22,25H2,1-2H3,(H2,23,29)(H2,24,30)(H,26,33)(H,27,32)(H,28,31)(H,34,35). The molecule has 0 radical (unpaired) electrons. The fourth-order valence-corrected chi connectivity index (χ4v) is 3.04. The van der Waals surface area contributed by atoms with Crippen LogP contribution in [0.15, 0.2) is 0 Å². The van der Waals surface area contributed by atoms with Gasteiger partial charge in [-0.2, -0.15) is 0 Å². The highest BCUT2D eigenvalue weighted by Crippen LogP contribution is 2.08. The van der Waals surface area contributed by atoms with Gasteiger partial charge in [0.15, 0.2) is 0 Å². The van der Waals surface area contributed by atoms with Crippen molar-refractivity contribution in [2.45, 2.75) is 83.0 Å². The number of nitrogens with two attached hydrogens (primary N) is 4. The van der Waals surface area contributed by atoms with Crippen molar-refractivity contribution in [3.8, 4) is 0 Å². The predicted octanol–water partition coefficient (Wildman–Crippen LogP) is -2.83.